The molecule has 14 heavy (non-hydrogen) atoms. The predicted octanol–water partition coefficient (Wildman–Crippen LogP) is 1.72. The van der Waals surface area contributed by atoms with Crippen LogP contribution in [-0.4, -0.2) is 25.7 Å². The molecule has 0 unspecified atom stereocenters. The first-order valence-corrected chi connectivity index (χ1v) is 5.69. The Morgan fingerprint density at radius 1 is 1.50 bits per heavy atom. The van der Waals surface area contributed by atoms with E-state index in [1.807, 2.05) is 0 Å². The average Bonchev–Trinajstić information content (AvgIpc) is 2.10. The van der Waals surface area contributed by atoms with Gasteiger partial charge in [0.05, 0.1) is 13.2 Å². The minimum atomic E-state index is -0.113. The molecule has 1 saturated carbocycles. The molecule has 3 heteroatoms. The largest absolute Gasteiger partial charge is 0.465 e. The topological polar surface area (TPSA) is 38.3 Å². The van der Waals surface area contributed by atoms with E-state index in [1.165, 1.54) is 19.3 Å². The lowest BCUT2D eigenvalue weighted by molar-refractivity contribution is -0.142. The minimum absolute atomic E-state index is 0.113. The number of hydrogen-bond donors (Lipinski definition) is 1. The molecule has 1 aliphatic carbocycles. The zero-order valence-corrected chi connectivity index (χ0v) is 9.05. The molecule has 0 aromatic carbocycles. The van der Waals surface area contributed by atoms with Gasteiger partial charge in [-0.15, -0.1) is 0 Å². The van der Waals surface area contributed by atoms with Crippen LogP contribution in [0.5, 0.6) is 0 Å². The maximum atomic E-state index is 11.1. The number of unbranched alkanes of at least 4 members (excludes halogenated alkanes) is 1. The lowest BCUT2D eigenvalue weighted by Crippen LogP contribution is -2.32. The zero-order chi connectivity index (χ0) is 10.2. The molecule has 0 aromatic heterocycles. The Labute approximate surface area is 86.2 Å². The SMILES string of the molecule is CCCCOC(=O)CNCC1CCC1. The molecule has 0 spiro atoms. The molecule has 0 radical (unpaired) electrons. The second-order valence-electron chi connectivity index (χ2n) is 4.00. The lowest BCUT2D eigenvalue weighted by Gasteiger charge is -2.25. The van der Waals surface area contributed by atoms with E-state index in [0.717, 1.165) is 25.3 Å². The van der Waals surface area contributed by atoms with E-state index in [9.17, 15) is 4.79 Å². The predicted molar refractivity (Wildman–Crippen MR) is 56.1 cm³/mol. The molecule has 0 bridgehead atoms. The summed E-state index contributed by atoms with van der Waals surface area (Å²) >= 11 is 0. The molecule has 1 N–H and O–H groups in total. The maximum Gasteiger partial charge on any atom is 0.319 e. The number of carbonyl (C=O) groups is 1. The molecule has 0 amide bonds. The summed E-state index contributed by atoms with van der Waals surface area (Å²) in [6, 6.07) is 0. The lowest BCUT2D eigenvalue weighted by atomic mass is 9.85. The highest BCUT2D eigenvalue weighted by atomic mass is 16.5. The van der Waals surface area contributed by atoms with Gasteiger partial charge in [-0.25, -0.2) is 0 Å². The first-order valence-electron chi connectivity index (χ1n) is 5.69. The van der Waals surface area contributed by atoms with Crippen LogP contribution in [0.25, 0.3) is 0 Å². The summed E-state index contributed by atoms with van der Waals surface area (Å²) in [5, 5.41) is 3.14. The second-order valence-corrected chi connectivity index (χ2v) is 4.00. The van der Waals surface area contributed by atoms with Crippen molar-refractivity contribution in [1.82, 2.24) is 5.32 Å². The zero-order valence-electron chi connectivity index (χ0n) is 9.05. The molecule has 1 fully saturated rings. The summed E-state index contributed by atoms with van der Waals surface area (Å²) < 4.78 is 5.01. The molecule has 0 atom stereocenters. The number of ether oxygens (including phenoxy) is 1. The maximum absolute atomic E-state index is 11.1. The van der Waals surface area contributed by atoms with Crippen molar-refractivity contribution in [3.05, 3.63) is 0 Å². The van der Waals surface area contributed by atoms with E-state index in [1.54, 1.807) is 0 Å². The Kier molecular flexibility index (Phi) is 5.60. The average molecular weight is 199 g/mol. The van der Waals surface area contributed by atoms with Gasteiger partial charge < -0.3 is 10.1 Å². The number of nitrogens with one attached hydrogen (secondary N) is 1. The second kappa shape index (κ2) is 6.82. The van der Waals surface area contributed by atoms with Gasteiger partial charge in [-0.1, -0.05) is 19.8 Å². The van der Waals surface area contributed by atoms with Crippen LogP contribution in [0.15, 0.2) is 0 Å². The molecule has 0 heterocycles. The van der Waals surface area contributed by atoms with Gasteiger partial charge in [0.15, 0.2) is 0 Å². The van der Waals surface area contributed by atoms with Crippen molar-refractivity contribution in [2.75, 3.05) is 19.7 Å². The third kappa shape index (κ3) is 4.61. The first-order chi connectivity index (χ1) is 6.83. The van der Waals surface area contributed by atoms with Crippen molar-refractivity contribution >= 4 is 5.97 Å². The Bertz CT molecular complexity index is 167. The van der Waals surface area contributed by atoms with Crippen molar-refractivity contribution in [2.24, 2.45) is 5.92 Å². The Hall–Kier alpha value is -0.570. The van der Waals surface area contributed by atoms with Crippen molar-refractivity contribution in [3.8, 4) is 0 Å². The number of rotatable bonds is 7. The monoisotopic (exact) mass is 199 g/mol. The van der Waals surface area contributed by atoms with E-state index in [4.69, 9.17) is 4.74 Å². The smallest absolute Gasteiger partial charge is 0.319 e. The summed E-state index contributed by atoms with van der Waals surface area (Å²) in [5.74, 6) is 0.691. The van der Waals surface area contributed by atoms with Crippen LogP contribution in [0.2, 0.25) is 0 Å². The Balaban J connectivity index is 1.86. The molecule has 0 aliphatic heterocycles. The molecular formula is C11H21NO2. The summed E-state index contributed by atoms with van der Waals surface area (Å²) in [4.78, 5) is 11.1. The van der Waals surface area contributed by atoms with Gasteiger partial charge in [-0.05, 0) is 31.7 Å². The van der Waals surface area contributed by atoms with Crippen LogP contribution in [-0.2, 0) is 9.53 Å². The van der Waals surface area contributed by atoms with Gasteiger partial charge in [0, 0.05) is 0 Å². The Morgan fingerprint density at radius 3 is 2.86 bits per heavy atom. The quantitative estimate of drug-likeness (QED) is 0.501. The number of esters is 1. The summed E-state index contributed by atoms with van der Waals surface area (Å²) in [6.07, 6.45) is 6.03. The molecule has 82 valence electrons. The highest BCUT2D eigenvalue weighted by molar-refractivity contribution is 5.71. The third-order valence-electron chi connectivity index (χ3n) is 2.69. The number of carbonyl (C=O) groups excluding carboxylic acids is 1. The van der Waals surface area contributed by atoms with Gasteiger partial charge in [-0.3, -0.25) is 4.79 Å². The van der Waals surface area contributed by atoms with Crippen LogP contribution < -0.4 is 5.32 Å². The van der Waals surface area contributed by atoms with E-state index in [-0.39, 0.29) is 5.97 Å². The molecule has 3 nitrogen and oxygen atoms in total. The normalized spacial score (nSPS) is 16.4. The third-order valence-corrected chi connectivity index (χ3v) is 2.69. The number of hydrogen-bond acceptors (Lipinski definition) is 3. The molecule has 1 aliphatic rings. The van der Waals surface area contributed by atoms with Gasteiger partial charge >= 0.3 is 5.97 Å². The van der Waals surface area contributed by atoms with Gasteiger partial charge in [0.1, 0.15) is 0 Å². The van der Waals surface area contributed by atoms with Gasteiger partial charge in [0.25, 0.3) is 0 Å². The highest BCUT2D eigenvalue weighted by Crippen LogP contribution is 2.24. The van der Waals surface area contributed by atoms with E-state index >= 15 is 0 Å². The molecule has 1 rings (SSSR count). The molecule has 0 aromatic rings. The van der Waals surface area contributed by atoms with Gasteiger partial charge in [-0.2, -0.15) is 0 Å². The highest BCUT2D eigenvalue weighted by Gasteiger charge is 2.16. The fourth-order valence-electron chi connectivity index (χ4n) is 1.46. The fraction of sp³-hybridized carbons (Fsp3) is 0.909. The summed E-state index contributed by atoms with van der Waals surface area (Å²) in [6.45, 7) is 4.01. The van der Waals surface area contributed by atoms with E-state index < -0.39 is 0 Å². The van der Waals surface area contributed by atoms with Gasteiger partial charge in [0.2, 0.25) is 0 Å². The van der Waals surface area contributed by atoms with Crippen LogP contribution in [0, 0.1) is 5.92 Å². The van der Waals surface area contributed by atoms with Crippen LogP contribution in [0.4, 0.5) is 0 Å². The fourth-order valence-corrected chi connectivity index (χ4v) is 1.46. The van der Waals surface area contributed by atoms with Crippen LogP contribution in [0.3, 0.4) is 0 Å². The summed E-state index contributed by atoms with van der Waals surface area (Å²) in [7, 11) is 0. The standard InChI is InChI=1S/C11H21NO2/c1-2-3-7-14-11(13)9-12-8-10-5-4-6-10/h10,12H,2-9H2,1H3. The first kappa shape index (κ1) is 11.5. The van der Waals surface area contributed by atoms with Crippen molar-refractivity contribution in [2.45, 2.75) is 39.0 Å². The van der Waals surface area contributed by atoms with E-state index in [2.05, 4.69) is 12.2 Å². The molecular weight excluding hydrogens is 178 g/mol. The summed E-state index contributed by atoms with van der Waals surface area (Å²) in [5.41, 5.74) is 0. The van der Waals surface area contributed by atoms with E-state index in [0.29, 0.717) is 13.2 Å². The minimum Gasteiger partial charge on any atom is -0.465 e. The van der Waals surface area contributed by atoms with Crippen LogP contribution >= 0.6 is 0 Å². The van der Waals surface area contributed by atoms with Crippen molar-refractivity contribution in [3.63, 3.8) is 0 Å². The molecule has 0 saturated heterocycles. The van der Waals surface area contributed by atoms with Crippen molar-refractivity contribution in [1.29, 1.82) is 0 Å². The van der Waals surface area contributed by atoms with Crippen LogP contribution in [0.1, 0.15) is 39.0 Å². The Morgan fingerprint density at radius 2 is 2.29 bits per heavy atom. The van der Waals surface area contributed by atoms with Crippen molar-refractivity contribution < 1.29 is 9.53 Å².